The van der Waals surface area contributed by atoms with Crippen LogP contribution in [-0.2, 0) is 6.61 Å². The van der Waals surface area contributed by atoms with Gasteiger partial charge in [-0.05, 0) is 43.7 Å². The number of hydrogen-bond donors (Lipinski definition) is 1. The molecular weight excluding hydrogens is 375 g/mol. The van der Waals surface area contributed by atoms with Crippen LogP contribution in [0.15, 0.2) is 47.0 Å². The van der Waals surface area contributed by atoms with E-state index in [1.165, 1.54) is 0 Å². The molecule has 0 bridgehead atoms. The van der Waals surface area contributed by atoms with Crippen molar-refractivity contribution in [3.63, 3.8) is 0 Å². The average Bonchev–Trinajstić information content (AvgIpc) is 2.98. The molecule has 1 aromatic heterocycles. The van der Waals surface area contributed by atoms with Crippen molar-refractivity contribution in [1.29, 1.82) is 0 Å². The summed E-state index contributed by atoms with van der Waals surface area (Å²) in [6, 6.07) is 12.4. The minimum Gasteiger partial charge on any atom is -0.487 e. The molecule has 0 aliphatic carbocycles. The topological polar surface area (TPSA) is 64.4 Å². The second-order valence-electron chi connectivity index (χ2n) is 5.70. The first-order chi connectivity index (χ1) is 12.5. The molecule has 0 spiro atoms. The maximum absolute atomic E-state index is 12.6. The van der Waals surface area contributed by atoms with Gasteiger partial charge in [0, 0.05) is 10.7 Å². The second-order valence-corrected chi connectivity index (χ2v) is 6.52. The average molecular weight is 391 g/mol. The van der Waals surface area contributed by atoms with Crippen LogP contribution < -0.4 is 10.1 Å². The number of rotatable bonds is 5. The molecule has 0 fully saturated rings. The van der Waals surface area contributed by atoms with Crippen molar-refractivity contribution in [2.75, 3.05) is 5.32 Å². The van der Waals surface area contributed by atoms with E-state index in [2.05, 4.69) is 10.5 Å². The van der Waals surface area contributed by atoms with Crippen LogP contribution in [-0.4, -0.2) is 11.1 Å². The molecule has 0 unspecified atom stereocenters. The molecule has 0 radical (unpaired) electrons. The first kappa shape index (κ1) is 18.3. The highest BCUT2D eigenvalue weighted by Gasteiger charge is 2.21. The van der Waals surface area contributed by atoms with E-state index in [0.29, 0.717) is 32.8 Å². The van der Waals surface area contributed by atoms with Crippen molar-refractivity contribution in [1.82, 2.24) is 5.16 Å². The predicted octanol–water partition coefficient (Wildman–Crippen LogP) is 5.43. The summed E-state index contributed by atoms with van der Waals surface area (Å²) >= 11 is 12.2. The largest absolute Gasteiger partial charge is 0.487 e. The molecule has 5 nitrogen and oxygen atoms in total. The number of carbonyl (C=O) groups is 1. The first-order valence-corrected chi connectivity index (χ1v) is 8.61. The molecule has 0 aliphatic heterocycles. The monoisotopic (exact) mass is 390 g/mol. The van der Waals surface area contributed by atoms with Gasteiger partial charge in [-0.15, -0.1) is 0 Å². The fourth-order valence-electron chi connectivity index (χ4n) is 2.31. The Kier molecular flexibility index (Phi) is 5.49. The maximum atomic E-state index is 12.6. The van der Waals surface area contributed by atoms with Crippen molar-refractivity contribution in [2.24, 2.45) is 0 Å². The van der Waals surface area contributed by atoms with Crippen molar-refractivity contribution in [2.45, 2.75) is 20.5 Å². The molecular formula is C19H16Cl2N2O3. The molecule has 1 N–H and O–H groups in total. The summed E-state index contributed by atoms with van der Waals surface area (Å²) in [5, 5.41) is 7.67. The van der Waals surface area contributed by atoms with Gasteiger partial charge in [-0.1, -0.05) is 46.6 Å². The summed E-state index contributed by atoms with van der Waals surface area (Å²) in [5.41, 5.74) is 2.21. The van der Waals surface area contributed by atoms with Gasteiger partial charge >= 0.3 is 0 Å². The number of aryl methyl sites for hydroxylation is 2. The number of ether oxygens (including phenoxy) is 1. The van der Waals surface area contributed by atoms with Gasteiger partial charge in [-0.3, -0.25) is 4.79 Å². The number of amides is 1. The van der Waals surface area contributed by atoms with Gasteiger partial charge in [0.25, 0.3) is 5.91 Å². The Morgan fingerprint density at radius 3 is 2.65 bits per heavy atom. The van der Waals surface area contributed by atoms with Gasteiger partial charge in [-0.2, -0.15) is 0 Å². The third kappa shape index (κ3) is 4.00. The molecule has 134 valence electrons. The lowest BCUT2D eigenvalue weighted by Crippen LogP contribution is -2.15. The summed E-state index contributed by atoms with van der Waals surface area (Å²) in [6.45, 7) is 3.72. The van der Waals surface area contributed by atoms with E-state index in [0.717, 1.165) is 5.56 Å². The molecule has 3 rings (SSSR count). The van der Waals surface area contributed by atoms with E-state index in [1.54, 1.807) is 31.2 Å². The number of para-hydroxylation sites is 1. The Balaban J connectivity index is 1.77. The first-order valence-electron chi connectivity index (χ1n) is 7.85. The zero-order valence-electron chi connectivity index (χ0n) is 14.2. The maximum Gasteiger partial charge on any atom is 0.278 e. The highest BCUT2D eigenvalue weighted by Crippen LogP contribution is 2.26. The summed E-state index contributed by atoms with van der Waals surface area (Å²) in [4.78, 5) is 12.6. The zero-order chi connectivity index (χ0) is 18.7. The smallest absolute Gasteiger partial charge is 0.278 e. The van der Waals surface area contributed by atoms with E-state index >= 15 is 0 Å². The highest BCUT2D eigenvalue weighted by molar-refractivity contribution is 6.32. The molecule has 0 saturated heterocycles. The third-order valence-electron chi connectivity index (χ3n) is 3.84. The van der Waals surface area contributed by atoms with Crippen LogP contribution in [0.4, 0.5) is 5.69 Å². The fourth-order valence-corrected chi connectivity index (χ4v) is 2.68. The van der Waals surface area contributed by atoms with Crippen molar-refractivity contribution < 1.29 is 14.1 Å². The van der Waals surface area contributed by atoms with Crippen LogP contribution in [0, 0.1) is 13.8 Å². The Bertz CT molecular complexity index is 954. The van der Waals surface area contributed by atoms with Gasteiger partial charge in [0.2, 0.25) is 0 Å². The van der Waals surface area contributed by atoms with Crippen LogP contribution in [0.3, 0.4) is 0 Å². The summed E-state index contributed by atoms with van der Waals surface area (Å²) in [5.74, 6) is 0.620. The van der Waals surface area contributed by atoms with Crippen LogP contribution in [0.1, 0.15) is 27.4 Å². The summed E-state index contributed by atoms with van der Waals surface area (Å²) in [6.07, 6.45) is 0. The lowest BCUT2D eigenvalue weighted by molar-refractivity contribution is 0.101. The van der Waals surface area contributed by atoms with Gasteiger partial charge in [0.1, 0.15) is 18.1 Å². The number of carbonyl (C=O) groups excluding carboxylic acids is 1. The summed E-state index contributed by atoms with van der Waals surface area (Å²) in [7, 11) is 0. The van der Waals surface area contributed by atoms with E-state index in [-0.39, 0.29) is 12.3 Å². The molecule has 1 amide bonds. The number of halogens is 2. The lowest BCUT2D eigenvalue weighted by atomic mass is 10.2. The minimum atomic E-state index is -0.403. The Labute approximate surface area is 160 Å². The molecule has 0 aliphatic rings. The Morgan fingerprint density at radius 2 is 1.92 bits per heavy atom. The highest BCUT2D eigenvalue weighted by atomic mass is 35.5. The summed E-state index contributed by atoms with van der Waals surface area (Å²) < 4.78 is 10.9. The van der Waals surface area contributed by atoms with E-state index in [9.17, 15) is 4.79 Å². The van der Waals surface area contributed by atoms with Crippen molar-refractivity contribution in [3.8, 4) is 5.75 Å². The molecule has 0 atom stereocenters. The van der Waals surface area contributed by atoms with E-state index in [1.807, 2.05) is 25.1 Å². The molecule has 1 heterocycles. The second kappa shape index (κ2) is 7.81. The van der Waals surface area contributed by atoms with Gasteiger partial charge in [-0.25, -0.2) is 0 Å². The van der Waals surface area contributed by atoms with Crippen molar-refractivity contribution >= 4 is 34.8 Å². The molecule has 3 aromatic rings. The number of anilines is 1. The minimum absolute atomic E-state index is 0.108. The fraction of sp³-hybridized carbons (Fsp3) is 0.158. The normalized spacial score (nSPS) is 10.6. The van der Waals surface area contributed by atoms with Gasteiger partial charge < -0.3 is 14.6 Å². The van der Waals surface area contributed by atoms with Crippen LogP contribution in [0.5, 0.6) is 5.75 Å². The SMILES string of the molecule is Cc1ccc(NC(=O)c2noc(C)c2COc2ccccc2Cl)cc1Cl. The number of aromatic nitrogens is 1. The van der Waals surface area contributed by atoms with E-state index in [4.69, 9.17) is 32.5 Å². The van der Waals surface area contributed by atoms with E-state index < -0.39 is 5.91 Å². The Hall–Kier alpha value is -2.50. The lowest BCUT2D eigenvalue weighted by Gasteiger charge is -2.09. The molecule has 2 aromatic carbocycles. The van der Waals surface area contributed by atoms with Crippen LogP contribution in [0.2, 0.25) is 10.0 Å². The molecule has 0 saturated carbocycles. The third-order valence-corrected chi connectivity index (χ3v) is 4.56. The van der Waals surface area contributed by atoms with Gasteiger partial charge in [0.05, 0.1) is 10.6 Å². The number of benzene rings is 2. The quantitative estimate of drug-likeness (QED) is 0.630. The van der Waals surface area contributed by atoms with Crippen LogP contribution >= 0.6 is 23.2 Å². The number of nitrogens with one attached hydrogen (secondary N) is 1. The Morgan fingerprint density at radius 1 is 1.15 bits per heavy atom. The number of nitrogens with zero attached hydrogens (tertiary/aromatic N) is 1. The van der Waals surface area contributed by atoms with Crippen LogP contribution in [0.25, 0.3) is 0 Å². The van der Waals surface area contributed by atoms with Crippen molar-refractivity contribution in [3.05, 3.63) is 75.1 Å². The number of hydrogen-bond acceptors (Lipinski definition) is 4. The molecule has 26 heavy (non-hydrogen) atoms. The van der Waals surface area contributed by atoms with Gasteiger partial charge in [0.15, 0.2) is 5.69 Å². The standard InChI is InChI=1S/C19H16Cl2N2O3/c1-11-7-8-13(9-16(11)21)22-19(24)18-14(12(2)26-23-18)10-25-17-6-4-3-5-15(17)20/h3-9H,10H2,1-2H3,(H,22,24). The zero-order valence-corrected chi connectivity index (χ0v) is 15.7. The predicted molar refractivity (Wildman–Crippen MR) is 101 cm³/mol. The molecule has 7 heteroatoms.